The molecule has 1 atom stereocenters. The Balaban J connectivity index is 1.63. The molecule has 2 heterocycles. The van der Waals surface area contributed by atoms with E-state index in [0.29, 0.717) is 16.9 Å². The van der Waals surface area contributed by atoms with Crippen LogP contribution in [0.1, 0.15) is 24.5 Å². The van der Waals surface area contributed by atoms with Crippen molar-refractivity contribution in [1.82, 2.24) is 9.97 Å². The number of benzene rings is 1. The Bertz CT molecular complexity index is 1130. The maximum Gasteiger partial charge on any atom is 0.339 e. The lowest BCUT2D eigenvalue weighted by molar-refractivity contribution is -0.153. The number of aryl methyl sites for hydroxylation is 1. The number of esters is 1. The fourth-order valence-corrected chi connectivity index (χ4v) is 2.90. The zero-order valence-electron chi connectivity index (χ0n) is 16.8. The molecule has 0 radical (unpaired) electrons. The summed E-state index contributed by atoms with van der Waals surface area (Å²) in [4.78, 5) is 44.4. The molecule has 9 heteroatoms. The number of ether oxygens (including phenoxy) is 2. The van der Waals surface area contributed by atoms with Gasteiger partial charge >= 0.3 is 11.6 Å². The van der Waals surface area contributed by atoms with E-state index in [2.05, 4.69) is 15.3 Å². The van der Waals surface area contributed by atoms with Crippen molar-refractivity contribution in [2.45, 2.75) is 32.8 Å². The average Bonchev–Trinajstić information content (AvgIpc) is 2.73. The summed E-state index contributed by atoms with van der Waals surface area (Å²) in [7, 11) is 1.53. The highest BCUT2D eigenvalue weighted by atomic mass is 16.5. The van der Waals surface area contributed by atoms with E-state index in [9.17, 15) is 14.4 Å². The van der Waals surface area contributed by atoms with Crippen molar-refractivity contribution in [1.29, 1.82) is 0 Å². The van der Waals surface area contributed by atoms with Crippen molar-refractivity contribution in [3.8, 4) is 5.75 Å². The van der Waals surface area contributed by atoms with Crippen LogP contribution < -0.4 is 15.7 Å². The second-order valence-corrected chi connectivity index (χ2v) is 6.55. The lowest BCUT2D eigenvalue weighted by Gasteiger charge is -2.13. The van der Waals surface area contributed by atoms with E-state index in [0.717, 1.165) is 10.9 Å². The molecule has 0 fully saturated rings. The highest BCUT2D eigenvalue weighted by molar-refractivity contribution is 5.93. The summed E-state index contributed by atoms with van der Waals surface area (Å²) in [6, 6.07) is 6.82. The normalized spacial score (nSPS) is 11.7. The van der Waals surface area contributed by atoms with Gasteiger partial charge in [-0.2, -0.15) is 0 Å². The topological polar surface area (TPSA) is 121 Å². The molecule has 1 aromatic carbocycles. The first kappa shape index (κ1) is 21.0. The number of aromatic nitrogens is 2. The Morgan fingerprint density at radius 1 is 1.23 bits per heavy atom. The van der Waals surface area contributed by atoms with Crippen LogP contribution in [0.3, 0.4) is 0 Å². The van der Waals surface area contributed by atoms with E-state index in [4.69, 9.17) is 13.9 Å². The molecule has 0 saturated heterocycles. The maximum atomic E-state index is 12.4. The number of nitrogens with zero attached hydrogens (tertiary/aromatic N) is 2. The third kappa shape index (κ3) is 4.80. The molecule has 156 valence electrons. The molecule has 3 aromatic rings. The standard InChI is InChI=1S/C21H21N3O6/c1-12-15-6-5-14(28-3)11-17(15)30-20(27)16(12)7-8-18(25)29-13(2)19(26)24-21-22-9-4-10-23-21/h4-6,9-11,13H,7-8H2,1-3H3,(H,22,23,24,26). The van der Waals surface area contributed by atoms with E-state index in [1.54, 1.807) is 31.2 Å². The molecule has 3 rings (SSSR count). The van der Waals surface area contributed by atoms with Crippen LogP contribution in [-0.4, -0.2) is 35.1 Å². The predicted molar refractivity (Wildman–Crippen MR) is 108 cm³/mol. The highest BCUT2D eigenvalue weighted by Crippen LogP contribution is 2.24. The van der Waals surface area contributed by atoms with Gasteiger partial charge in [-0.05, 0) is 44.0 Å². The Kier molecular flexibility index (Phi) is 6.41. The maximum absolute atomic E-state index is 12.4. The van der Waals surface area contributed by atoms with Crippen molar-refractivity contribution < 1.29 is 23.5 Å². The minimum Gasteiger partial charge on any atom is -0.497 e. The number of nitrogens with one attached hydrogen (secondary N) is 1. The highest BCUT2D eigenvalue weighted by Gasteiger charge is 2.20. The monoisotopic (exact) mass is 411 g/mol. The lowest BCUT2D eigenvalue weighted by atomic mass is 10.0. The summed E-state index contributed by atoms with van der Waals surface area (Å²) in [5.74, 6) is -0.467. The molecule has 1 amide bonds. The molecule has 0 saturated carbocycles. The van der Waals surface area contributed by atoms with Crippen LogP contribution in [0.2, 0.25) is 0 Å². The van der Waals surface area contributed by atoms with Crippen LogP contribution in [0, 0.1) is 6.92 Å². The van der Waals surface area contributed by atoms with Crippen molar-refractivity contribution in [2.24, 2.45) is 0 Å². The summed E-state index contributed by atoms with van der Waals surface area (Å²) < 4.78 is 15.7. The van der Waals surface area contributed by atoms with E-state index in [-0.39, 0.29) is 18.8 Å². The molecule has 9 nitrogen and oxygen atoms in total. The molecule has 0 aliphatic rings. The SMILES string of the molecule is COc1ccc2c(C)c(CCC(=O)OC(C)C(=O)Nc3ncccn3)c(=O)oc2c1. The number of hydrogen-bond acceptors (Lipinski definition) is 8. The number of carbonyl (C=O) groups is 2. The molecular formula is C21H21N3O6. The van der Waals surface area contributed by atoms with Crippen molar-refractivity contribution in [3.63, 3.8) is 0 Å². The fraction of sp³-hybridized carbons (Fsp3) is 0.286. The van der Waals surface area contributed by atoms with Crippen LogP contribution in [0.25, 0.3) is 11.0 Å². The summed E-state index contributed by atoms with van der Waals surface area (Å²) in [6.45, 7) is 3.24. The van der Waals surface area contributed by atoms with Crippen LogP contribution in [0.5, 0.6) is 5.75 Å². The minimum absolute atomic E-state index is 0.0767. The largest absolute Gasteiger partial charge is 0.497 e. The Morgan fingerprint density at radius 3 is 2.67 bits per heavy atom. The van der Waals surface area contributed by atoms with Crippen molar-refractivity contribution in [3.05, 3.63) is 58.2 Å². The van der Waals surface area contributed by atoms with E-state index < -0.39 is 23.6 Å². The molecule has 0 spiro atoms. The van der Waals surface area contributed by atoms with Crippen LogP contribution in [0.15, 0.2) is 45.9 Å². The fourth-order valence-electron chi connectivity index (χ4n) is 2.90. The smallest absolute Gasteiger partial charge is 0.339 e. The lowest BCUT2D eigenvalue weighted by Crippen LogP contribution is -2.30. The molecule has 2 aromatic heterocycles. The number of methoxy groups -OCH3 is 1. The molecule has 30 heavy (non-hydrogen) atoms. The quantitative estimate of drug-likeness (QED) is 0.465. The number of fused-ring (bicyclic) bond motifs is 1. The molecule has 0 bridgehead atoms. The number of anilines is 1. The van der Waals surface area contributed by atoms with Gasteiger partial charge in [0, 0.05) is 35.8 Å². The van der Waals surface area contributed by atoms with Crippen LogP contribution >= 0.6 is 0 Å². The summed E-state index contributed by atoms with van der Waals surface area (Å²) in [5, 5.41) is 3.21. The Hall–Kier alpha value is -3.75. The van der Waals surface area contributed by atoms with Crippen LogP contribution in [-0.2, 0) is 20.7 Å². The zero-order valence-corrected chi connectivity index (χ0v) is 16.8. The third-order valence-electron chi connectivity index (χ3n) is 4.55. The van der Waals surface area contributed by atoms with Gasteiger partial charge in [0.1, 0.15) is 11.3 Å². The van der Waals surface area contributed by atoms with Gasteiger partial charge in [-0.1, -0.05) is 0 Å². The average molecular weight is 411 g/mol. The summed E-state index contributed by atoms with van der Waals surface area (Å²) in [6.07, 6.45) is 1.97. The molecule has 1 unspecified atom stereocenters. The van der Waals surface area contributed by atoms with Gasteiger partial charge in [-0.3, -0.25) is 14.9 Å². The summed E-state index contributed by atoms with van der Waals surface area (Å²) >= 11 is 0. The van der Waals surface area contributed by atoms with Gasteiger partial charge in [-0.15, -0.1) is 0 Å². The minimum atomic E-state index is -1.04. The second kappa shape index (κ2) is 9.17. The number of amides is 1. The van der Waals surface area contributed by atoms with Crippen molar-refractivity contribution in [2.75, 3.05) is 12.4 Å². The van der Waals surface area contributed by atoms with Gasteiger partial charge in [-0.25, -0.2) is 14.8 Å². The second-order valence-electron chi connectivity index (χ2n) is 6.55. The van der Waals surface area contributed by atoms with Crippen molar-refractivity contribution >= 4 is 28.8 Å². The van der Waals surface area contributed by atoms with Gasteiger partial charge < -0.3 is 13.9 Å². The predicted octanol–water partition coefficient (Wildman–Crippen LogP) is 2.40. The van der Waals surface area contributed by atoms with E-state index >= 15 is 0 Å². The number of carbonyl (C=O) groups excluding carboxylic acids is 2. The first-order chi connectivity index (χ1) is 14.4. The summed E-state index contributed by atoms with van der Waals surface area (Å²) in [5.41, 5.74) is 1.01. The first-order valence-corrected chi connectivity index (χ1v) is 9.26. The van der Waals surface area contributed by atoms with Gasteiger partial charge in [0.05, 0.1) is 7.11 Å². The number of hydrogen-bond donors (Lipinski definition) is 1. The third-order valence-corrected chi connectivity index (χ3v) is 4.55. The Labute approximate surface area is 172 Å². The van der Waals surface area contributed by atoms with Gasteiger partial charge in [0.2, 0.25) is 5.95 Å². The van der Waals surface area contributed by atoms with Crippen LogP contribution in [0.4, 0.5) is 5.95 Å². The van der Waals surface area contributed by atoms with Gasteiger partial charge in [0.15, 0.2) is 6.10 Å². The molecule has 1 N–H and O–H groups in total. The van der Waals surface area contributed by atoms with E-state index in [1.165, 1.54) is 26.4 Å². The van der Waals surface area contributed by atoms with Gasteiger partial charge in [0.25, 0.3) is 5.91 Å². The molecule has 0 aliphatic carbocycles. The zero-order chi connectivity index (χ0) is 21.7. The Morgan fingerprint density at radius 2 is 1.97 bits per heavy atom. The first-order valence-electron chi connectivity index (χ1n) is 9.26. The molecular weight excluding hydrogens is 390 g/mol. The number of rotatable bonds is 7. The van der Waals surface area contributed by atoms with E-state index in [1.807, 2.05) is 0 Å². The molecule has 0 aliphatic heterocycles.